The van der Waals surface area contributed by atoms with Crippen LogP contribution in [0.25, 0.3) is 5.69 Å². The normalized spacial score (nSPS) is 19.4. The van der Waals surface area contributed by atoms with Gasteiger partial charge < -0.3 is 9.30 Å². The number of piperidine rings is 1. The molecule has 1 aromatic heterocycles. The number of ether oxygens (including phenoxy) is 1. The monoisotopic (exact) mass is 316 g/mol. The van der Waals surface area contributed by atoms with Gasteiger partial charge in [-0.3, -0.25) is 4.79 Å². The minimum Gasteiger partial charge on any atom is -0.479 e. The Morgan fingerprint density at radius 2 is 1.91 bits per heavy atom. The van der Waals surface area contributed by atoms with E-state index in [9.17, 15) is 4.79 Å². The van der Waals surface area contributed by atoms with Gasteiger partial charge in [0.25, 0.3) is 0 Å². The van der Waals surface area contributed by atoms with E-state index in [1.165, 1.54) is 0 Å². The summed E-state index contributed by atoms with van der Waals surface area (Å²) < 4.78 is 10.3. The molecule has 0 atom stereocenters. The minimum absolute atomic E-state index is 0.0629. The number of benzene rings is 1. The molecule has 1 aromatic carbocycles. The number of halogens is 1. The molecular weight excluding hydrogens is 300 g/mol. The lowest BCUT2D eigenvalue weighted by atomic mass is 9.87. The summed E-state index contributed by atoms with van der Waals surface area (Å²) in [5.74, 6) is 0.893. The lowest BCUT2D eigenvalue weighted by Crippen LogP contribution is -2.46. The number of aromatic nitrogens is 1. The van der Waals surface area contributed by atoms with Crippen molar-refractivity contribution in [3.05, 3.63) is 47.8 Å². The first-order chi connectivity index (χ1) is 10.6. The number of nitrogens with zero attached hydrogens (tertiary/aromatic N) is 2. The van der Waals surface area contributed by atoms with E-state index in [2.05, 4.69) is 4.57 Å². The number of carbonyl (C=O) groups excluding carboxylic acids is 1. The van der Waals surface area contributed by atoms with Crippen molar-refractivity contribution < 1.29 is 9.53 Å². The molecule has 1 saturated heterocycles. The Morgan fingerprint density at radius 1 is 1.18 bits per heavy atom. The Hall–Kier alpha value is -1.78. The highest BCUT2D eigenvalue weighted by atomic mass is 35.5. The van der Waals surface area contributed by atoms with E-state index < -0.39 is 5.60 Å². The number of Topliss-reactive ketones (excluding diaryl/α,β-unsaturated/α-hetero) is 1. The molecule has 2 aliphatic heterocycles. The molecule has 114 valence electrons. The Bertz CT molecular complexity index is 745. The maximum Gasteiger partial charge on any atom is 0.176 e. The van der Waals surface area contributed by atoms with Gasteiger partial charge in [-0.25, -0.2) is 4.42 Å². The smallest absolute Gasteiger partial charge is 0.176 e. The molecule has 0 aliphatic carbocycles. The number of hydrogen-bond donors (Lipinski definition) is 0. The summed E-state index contributed by atoms with van der Waals surface area (Å²) in [7, 11) is 0. The summed E-state index contributed by atoms with van der Waals surface area (Å²) >= 11 is 6.12. The summed E-state index contributed by atoms with van der Waals surface area (Å²) in [6.45, 7) is 3.14. The number of para-hydroxylation sites is 2. The van der Waals surface area contributed by atoms with Crippen molar-refractivity contribution >= 4 is 17.6 Å². The molecule has 2 aliphatic rings. The predicted octanol–water partition coefficient (Wildman–Crippen LogP) is 3.52. The van der Waals surface area contributed by atoms with Crippen molar-refractivity contribution in [1.29, 1.82) is 0 Å². The van der Waals surface area contributed by atoms with E-state index in [0.29, 0.717) is 5.69 Å². The molecule has 1 fully saturated rings. The van der Waals surface area contributed by atoms with Crippen LogP contribution in [0.2, 0.25) is 0 Å². The van der Waals surface area contributed by atoms with E-state index in [4.69, 9.17) is 16.5 Å². The zero-order chi connectivity index (χ0) is 15.3. The lowest BCUT2D eigenvalue weighted by Gasteiger charge is -2.43. The minimum atomic E-state index is -0.395. The summed E-state index contributed by atoms with van der Waals surface area (Å²) in [5.41, 5.74) is 2.30. The standard InChI is InChI=1S/C17H17ClN2O2/c1-12(21)13-6-7-16-17(8-10-19(18)11-9-17)22-15-5-3-2-4-14(15)20(13)16/h2-7H,8-11H2,1H3. The Labute approximate surface area is 134 Å². The van der Waals surface area contributed by atoms with E-state index in [0.717, 1.165) is 43.1 Å². The van der Waals surface area contributed by atoms with Gasteiger partial charge in [0.15, 0.2) is 11.4 Å². The number of rotatable bonds is 1. The SMILES string of the molecule is CC(=O)c1ccc2n1-c1ccccc1OC21CCN(Cl)CC1. The van der Waals surface area contributed by atoms with Gasteiger partial charge >= 0.3 is 0 Å². The molecule has 0 saturated carbocycles. The van der Waals surface area contributed by atoms with E-state index in [1.807, 2.05) is 36.4 Å². The van der Waals surface area contributed by atoms with Crippen LogP contribution in [0.1, 0.15) is 35.9 Å². The second-order valence-corrected chi connectivity index (χ2v) is 6.45. The molecule has 1 spiro atoms. The molecule has 3 heterocycles. The quantitative estimate of drug-likeness (QED) is 0.596. The average Bonchev–Trinajstić information content (AvgIpc) is 2.97. The highest BCUT2D eigenvalue weighted by molar-refractivity contribution is 6.13. The summed E-state index contributed by atoms with van der Waals surface area (Å²) in [4.78, 5) is 12.0. The predicted molar refractivity (Wildman–Crippen MR) is 84.7 cm³/mol. The van der Waals surface area contributed by atoms with E-state index >= 15 is 0 Å². The zero-order valence-electron chi connectivity index (χ0n) is 12.4. The molecule has 4 nitrogen and oxygen atoms in total. The molecule has 5 heteroatoms. The number of ketones is 1. The number of carbonyl (C=O) groups is 1. The second-order valence-electron chi connectivity index (χ2n) is 5.97. The first-order valence-corrected chi connectivity index (χ1v) is 7.87. The first kappa shape index (κ1) is 13.9. The third-order valence-corrected chi connectivity index (χ3v) is 4.97. The van der Waals surface area contributed by atoms with Gasteiger partial charge in [-0.05, 0) is 36.0 Å². The summed E-state index contributed by atoms with van der Waals surface area (Å²) in [5, 5.41) is 0. The average molecular weight is 317 g/mol. The fraction of sp³-hybridized carbons (Fsp3) is 0.353. The Balaban J connectivity index is 1.93. The maximum atomic E-state index is 12.0. The first-order valence-electron chi connectivity index (χ1n) is 7.53. The molecule has 0 N–H and O–H groups in total. The summed E-state index contributed by atoms with van der Waals surface area (Å²) in [6, 6.07) is 11.8. The van der Waals surface area contributed by atoms with E-state index in [1.54, 1.807) is 11.3 Å². The van der Waals surface area contributed by atoms with Crippen LogP contribution in [-0.2, 0) is 5.60 Å². The van der Waals surface area contributed by atoms with Gasteiger partial charge in [0.2, 0.25) is 0 Å². The molecule has 0 amide bonds. The van der Waals surface area contributed by atoms with Crippen molar-refractivity contribution in [2.75, 3.05) is 13.1 Å². The van der Waals surface area contributed by atoms with Crippen LogP contribution in [-0.4, -0.2) is 27.9 Å². The van der Waals surface area contributed by atoms with Crippen LogP contribution in [0.15, 0.2) is 36.4 Å². The third-order valence-electron chi connectivity index (χ3n) is 4.64. The number of fused-ring (bicyclic) bond motifs is 4. The molecule has 22 heavy (non-hydrogen) atoms. The third kappa shape index (κ3) is 1.91. The lowest BCUT2D eigenvalue weighted by molar-refractivity contribution is 0.00417. The van der Waals surface area contributed by atoms with Crippen LogP contribution in [0, 0.1) is 0 Å². The van der Waals surface area contributed by atoms with Gasteiger partial charge in [-0.1, -0.05) is 12.1 Å². The van der Waals surface area contributed by atoms with Crippen LogP contribution in [0.4, 0.5) is 0 Å². The number of hydrogen-bond acceptors (Lipinski definition) is 3. The fourth-order valence-electron chi connectivity index (χ4n) is 3.52. The van der Waals surface area contributed by atoms with Crippen molar-refractivity contribution in [3.8, 4) is 11.4 Å². The van der Waals surface area contributed by atoms with Gasteiger partial charge in [-0.2, -0.15) is 0 Å². The molecule has 4 rings (SSSR count). The molecular formula is C17H17ClN2O2. The van der Waals surface area contributed by atoms with Crippen LogP contribution >= 0.6 is 11.8 Å². The highest BCUT2D eigenvalue weighted by Crippen LogP contribution is 2.46. The van der Waals surface area contributed by atoms with E-state index in [-0.39, 0.29) is 5.78 Å². The van der Waals surface area contributed by atoms with Crippen molar-refractivity contribution in [2.24, 2.45) is 0 Å². The summed E-state index contributed by atoms with van der Waals surface area (Å²) in [6.07, 6.45) is 1.62. The maximum absolute atomic E-state index is 12.0. The molecule has 0 unspecified atom stereocenters. The van der Waals surface area contributed by atoms with Crippen LogP contribution in [0.3, 0.4) is 0 Å². The van der Waals surface area contributed by atoms with Crippen molar-refractivity contribution in [3.63, 3.8) is 0 Å². The van der Waals surface area contributed by atoms with Crippen LogP contribution in [0.5, 0.6) is 5.75 Å². The fourth-order valence-corrected chi connectivity index (χ4v) is 3.69. The van der Waals surface area contributed by atoms with Gasteiger partial charge in [0.1, 0.15) is 5.75 Å². The van der Waals surface area contributed by atoms with Gasteiger partial charge in [0.05, 0.1) is 17.1 Å². The molecule has 0 bridgehead atoms. The Kier molecular flexibility index (Phi) is 3.06. The molecule has 0 radical (unpaired) electrons. The zero-order valence-corrected chi connectivity index (χ0v) is 13.1. The van der Waals surface area contributed by atoms with Crippen LogP contribution < -0.4 is 4.74 Å². The topological polar surface area (TPSA) is 34.5 Å². The molecule has 2 aromatic rings. The largest absolute Gasteiger partial charge is 0.479 e. The second kappa shape index (κ2) is 4.86. The van der Waals surface area contributed by atoms with Gasteiger partial charge in [-0.15, -0.1) is 0 Å². The highest BCUT2D eigenvalue weighted by Gasteiger charge is 2.44. The van der Waals surface area contributed by atoms with Gasteiger partial charge in [0, 0.05) is 32.9 Å². The Morgan fingerprint density at radius 3 is 2.64 bits per heavy atom. The van der Waals surface area contributed by atoms with Crippen molar-refractivity contribution in [1.82, 2.24) is 8.99 Å². The van der Waals surface area contributed by atoms with Crippen molar-refractivity contribution in [2.45, 2.75) is 25.4 Å².